The Morgan fingerprint density at radius 3 is 1.76 bits per heavy atom. The highest BCUT2D eigenvalue weighted by Gasteiger charge is 2.38. The Hall–Kier alpha value is -0.955. The van der Waals surface area contributed by atoms with Gasteiger partial charge in [0.25, 0.3) is 0 Å². The molecule has 0 aromatic heterocycles. The maximum atomic E-state index is 10.7. The van der Waals surface area contributed by atoms with Crippen molar-refractivity contribution in [2.24, 2.45) is 0 Å². The highest BCUT2D eigenvalue weighted by atomic mass is 16.5. The van der Waals surface area contributed by atoms with Crippen molar-refractivity contribution in [2.45, 2.75) is 102 Å². The minimum Gasteiger partial charge on any atom is -0.426 e. The molecular weight excluding hydrogens is 371 g/mol. The molecule has 1 aromatic rings. The molecule has 29 heavy (non-hydrogen) atoms. The first-order valence-corrected chi connectivity index (χ1v) is 11.0. The van der Waals surface area contributed by atoms with Crippen LogP contribution in [0.25, 0.3) is 0 Å². The summed E-state index contributed by atoms with van der Waals surface area (Å²) in [5, 5.41) is 52.3. The molecule has 0 radical (unpaired) electrons. The minimum absolute atomic E-state index is 0.111. The van der Waals surface area contributed by atoms with Gasteiger partial charge in [0.1, 0.15) is 18.3 Å². The van der Waals surface area contributed by atoms with Gasteiger partial charge in [0.2, 0.25) is 0 Å². The molecule has 1 rings (SSSR count). The standard InChI is InChI=1S/C22H39BO6/c1-3-5-8-14-17(24)19(26)21(28)22(20(27)18(25)15-9-6-4-2)29-23-16-12-10-7-11-13-16/h7,10-13,17-28H,3-6,8-9,14-15H2,1-2H3/t17?,18?,19-,20-,21-,22-/m1/s1. The largest absolute Gasteiger partial charge is 0.426 e. The van der Waals surface area contributed by atoms with Gasteiger partial charge >= 0.3 is 7.48 Å². The average molecular weight is 410 g/mol. The quantitative estimate of drug-likeness (QED) is 0.206. The summed E-state index contributed by atoms with van der Waals surface area (Å²) < 4.78 is 5.75. The Morgan fingerprint density at radius 1 is 0.724 bits per heavy atom. The van der Waals surface area contributed by atoms with Gasteiger partial charge in [-0.05, 0) is 12.8 Å². The van der Waals surface area contributed by atoms with E-state index in [1.54, 1.807) is 0 Å². The van der Waals surface area contributed by atoms with E-state index >= 15 is 0 Å². The van der Waals surface area contributed by atoms with Crippen molar-refractivity contribution < 1.29 is 30.2 Å². The summed E-state index contributed by atoms with van der Waals surface area (Å²) in [6.07, 6.45) is -1.74. The normalized spacial score (nSPS) is 17.9. The lowest BCUT2D eigenvalue weighted by molar-refractivity contribution is -0.145. The summed E-state index contributed by atoms with van der Waals surface area (Å²) in [5.41, 5.74) is 0.843. The SMILES string of the molecule is CCCCCC(O)[C@@H](O)[C@@H](O)[C@H](OBc1ccccc1)[C@H](O)C(O)CCCCC. The molecule has 0 aliphatic carbocycles. The fourth-order valence-electron chi connectivity index (χ4n) is 3.36. The summed E-state index contributed by atoms with van der Waals surface area (Å²) in [4.78, 5) is 0. The number of aliphatic hydroxyl groups excluding tert-OH is 5. The topological polar surface area (TPSA) is 110 Å². The van der Waals surface area contributed by atoms with Crippen LogP contribution in [0.3, 0.4) is 0 Å². The smallest absolute Gasteiger partial charge is 0.309 e. The third-order valence-electron chi connectivity index (χ3n) is 5.30. The second-order valence-electron chi connectivity index (χ2n) is 7.86. The van der Waals surface area contributed by atoms with Crippen molar-refractivity contribution in [1.29, 1.82) is 0 Å². The van der Waals surface area contributed by atoms with Gasteiger partial charge in [-0.15, -0.1) is 0 Å². The van der Waals surface area contributed by atoms with Gasteiger partial charge in [-0.1, -0.05) is 88.2 Å². The first-order valence-electron chi connectivity index (χ1n) is 11.0. The molecule has 0 heterocycles. The van der Waals surface area contributed by atoms with E-state index in [-0.39, 0.29) is 7.48 Å². The van der Waals surface area contributed by atoms with Gasteiger partial charge in [0.05, 0.1) is 18.3 Å². The van der Waals surface area contributed by atoms with E-state index in [0.29, 0.717) is 12.8 Å². The highest BCUT2D eigenvalue weighted by molar-refractivity contribution is 6.46. The van der Waals surface area contributed by atoms with Crippen molar-refractivity contribution in [3.05, 3.63) is 30.3 Å². The average Bonchev–Trinajstić information content (AvgIpc) is 2.73. The van der Waals surface area contributed by atoms with Crippen molar-refractivity contribution in [2.75, 3.05) is 0 Å². The van der Waals surface area contributed by atoms with Crippen LogP contribution in [0.15, 0.2) is 30.3 Å². The number of benzene rings is 1. The molecular formula is C22H39BO6. The van der Waals surface area contributed by atoms with Crippen LogP contribution < -0.4 is 5.46 Å². The highest BCUT2D eigenvalue weighted by Crippen LogP contribution is 2.19. The van der Waals surface area contributed by atoms with Gasteiger partial charge in [-0.25, -0.2) is 0 Å². The van der Waals surface area contributed by atoms with Crippen molar-refractivity contribution >= 4 is 12.9 Å². The third kappa shape index (κ3) is 9.60. The molecule has 1 aromatic carbocycles. The lowest BCUT2D eigenvalue weighted by atomic mass is 9.85. The zero-order valence-electron chi connectivity index (χ0n) is 17.9. The first kappa shape index (κ1) is 26.1. The monoisotopic (exact) mass is 410 g/mol. The molecule has 0 saturated heterocycles. The zero-order valence-corrected chi connectivity index (χ0v) is 17.9. The molecule has 6 nitrogen and oxygen atoms in total. The molecule has 6 atom stereocenters. The third-order valence-corrected chi connectivity index (χ3v) is 5.30. The van der Waals surface area contributed by atoms with Crippen molar-refractivity contribution in [3.8, 4) is 0 Å². The molecule has 0 fully saturated rings. The molecule has 166 valence electrons. The number of rotatable bonds is 16. The summed E-state index contributed by atoms with van der Waals surface area (Å²) in [7, 11) is 0.111. The summed E-state index contributed by atoms with van der Waals surface area (Å²) in [6, 6.07) is 9.28. The van der Waals surface area contributed by atoms with Crippen LogP contribution in [-0.4, -0.2) is 69.6 Å². The molecule has 0 saturated carbocycles. The summed E-state index contributed by atoms with van der Waals surface area (Å²) in [6.45, 7) is 4.09. The number of hydrogen-bond donors (Lipinski definition) is 5. The van der Waals surface area contributed by atoms with Gasteiger partial charge in [0.15, 0.2) is 0 Å². The van der Waals surface area contributed by atoms with E-state index in [1.165, 1.54) is 0 Å². The van der Waals surface area contributed by atoms with Crippen molar-refractivity contribution in [1.82, 2.24) is 0 Å². The predicted octanol–water partition coefficient (Wildman–Crippen LogP) is 1.01. The van der Waals surface area contributed by atoms with Gasteiger partial charge in [-0.3, -0.25) is 0 Å². The van der Waals surface area contributed by atoms with Gasteiger partial charge in [0, 0.05) is 0 Å². The van der Waals surface area contributed by atoms with E-state index in [9.17, 15) is 25.5 Å². The van der Waals surface area contributed by atoms with Crippen molar-refractivity contribution in [3.63, 3.8) is 0 Å². The van der Waals surface area contributed by atoms with Gasteiger partial charge in [-0.2, -0.15) is 0 Å². The zero-order chi connectivity index (χ0) is 21.6. The molecule has 7 heteroatoms. The van der Waals surface area contributed by atoms with E-state index in [4.69, 9.17) is 4.65 Å². The van der Waals surface area contributed by atoms with Crippen LogP contribution in [0.5, 0.6) is 0 Å². The molecule has 0 aliphatic heterocycles. The molecule has 0 amide bonds. The number of hydrogen-bond acceptors (Lipinski definition) is 6. The Labute approximate surface area is 175 Å². The van der Waals surface area contributed by atoms with Crippen LogP contribution in [0.2, 0.25) is 0 Å². The van der Waals surface area contributed by atoms with Crippen LogP contribution in [0.4, 0.5) is 0 Å². The fourth-order valence-corrected chi connectivity index (χ4v) is 3.36. The molecule has 2 unspecified atom stereocenters. The number of unbranched alkanes of at least 4 members (excludes halogenated alkanes) is 4. The van der Waals surface area contributed by atoms with Crippen LogP contribution in [0, 0.1) is 0 Å². The molecule has 5 N–H and O–H groups in total. The second kappa shape index (κ2) is 14.9. The van der Waals surface area contributed by atoms with E-state index in [2.05, 4.69) is 6.92 Å². The Balaban J connectivity index is 2.80. The predicted molar refractivity (Wildman–Crippen MR) is 116 cm³/mol. The summed E-state index contributed by atoms with van der Waals surface area (Å²) in [5.74, 6) is 0. The fraction of sp³-hybridized carbons (Fsp3) is 0.727. The van der Waals surface area contributed by atoms with Crippen LogP contribution in [0.1, 0.15) is 65.2 Å². The second-order valence-corrected chi connectivity index (χ2v) is 7.86. The van der Waals surface area contributed by atoms with Crippen LogP contribution >= 0.6 is 0 Å². The minimum atomic E-state index is -1.52. The lowest BCUT2D eigenvalue weighted by Crippen LogP contribution is -2.54. The maximum Gasteiger partial charge on any atom is 0.309 e. The maximum absolute atomic E-state index is 10.7. The Bertz CT molecular complexity index is 517. The van der Waals surface area contributed by atoms with Gasteiger partial charge < -0.3 is 30.2 Å². The van der Waals surface area contributed by atoms with E-state index < -0.39 is 36.6 Å². The Morgan fingerprint density at radius 2 is 1.24 bits per heavy atom. The Kier molecular flexibility index (Phi) is 13.4. The number of aliphatic hydroxyl groups is 5. The summed E-state index contributed by atoms with van der Waals surface area (Å²) >= 11 is 0. The van der Waals surface area contributed by atoms with E-state index in [0.717, 1.165) is 44.0 Å². The van der Waals surface area contributed by atoms with Crippen LogP contribution in [-0.2, 0) is 4.65 Å². The lowest BCUT2D eigenvalue weighted by Gasteiger charge is -2.34. The molecule has 0 aliphatic rings. The molecule has 0 spiro atoms. The first-order chi connectivity index (χ1) is 13.9. The molecule has 0 bridgehead atoms. The van der Waals surface area contributed by atoms with E-state index in [1.807, 2.05) is 37.3 Å².